The number of hydrogen-bond donors (Lipinski definition) is 2. The highest BCUT2D eigenvalue weighted by atomic mass is 16.3. The zero-order valence-corrected chi connectivity index (χ0v) is 10.5. The van der Waals surface area contributed by atoms with Crippen LogP contribution in [0, 0.1) is 6.92 Å². The maximum atomic E-state index is 11.8. The average molecular weight is 244 g/mol. The first-order valence-corrected chi connectivity index (χ1v) is 6.01. The van der Waals surface area contributed by atoms with Gasteiger partial charge in [0.05, 0.1) is 5.56 Å². The van der Waals surface area contributed by atoms with Crippen LogP contribution in [0.4, 0.5) is 0 Å². The van der Waals surface area contributed by atoms with Gasteiger partial charge in [0, 0.05) is 5.56 Å². The summed E-state index contributed by atoms with van der Waals surface area (Å²) >= 11 is 0. The van der Waals surface area contributed by atoms with Crippen LogP contribution in [0.25, 0.3) is 11.4 Å². The second kappa shape index (κ2) is 5.04. The third-order valence-electron chi connectivity index (χ3n) is 2.82. The van der Waals surface area contributed by atoms with Gasteiger partial charge >= 0.3 is 0 Å². The molecule has 0 aliphatic heterocycles. The van der Waals surface area contributed by atoms with Gasteiger partial charge in [-0.15, -0.1) is 0 Å². The van der Waals surface area contributed by atoms with E-state index in [2.05, 4.69) is 9.97 Å². The van der Waals surface area contributed by atoms with E-state index in [1.807, 2.05) is 38.1 Å². The Morgan fingerprint density at radius 3 is 2.50 bits per heavy atom. The molecule has 1 heterocycles. The molecule has 0 unspecified atom stereocenters. The van der Waals surface area contributed by atoms with E-state index in [0.29, 0.717) is 17.8 Å². The summed E-state index contributed by atoms with van der Waals surface area (Å²) in [5.74, 6) is 0.230. The van der Waals surface area contributed by atoms with Crippen molar-refractivity contribution in [2.75, 3.05) is 0 Å². The Morgan fingerprint density at radius 1 is 1.28 bits per heavy atom. The number of benzene rings is 1. The van der Waals surface area contributed by atoms with Gasteiger partial charge < -0.3 is 10.1 Å². The Labute approximate surface area is 105 Å². The van der Waals surface area contributed by atoms with Gasteiger partial charge in [0.25, 0.3) is 5.56 Å². The molecule has 0 atom stereocenters. The van der Waals surface area contributed by atoms with Crippen molar-refractivity contribution in [2.45, 2.75) is 26.7 Å². The zero-order valence-electron chi connectivity index (χ0n) is 10.5. The molecule has 0 fully saturated rings. The highest BCUT2D eigenvalue weighted by Gasteiger charge is 2.10. The van der Waals surface area contributed by atoms with E-state index < -0.39 is 0 Å². The third-order valence-corrected chi connectivity index (χ3v) is 2.82. The molecule has 94 valence electrons. The van der Waals surface area contributed by atoms with E-state index in [0.717, 1.165) is 17.5 Å². The number of aryl methyl sites for hydroxylation is 1. The molecule has 18 heavy (non-hydrogen) atoms. The van der Waals surface area contributed by atoms with Crippen molar-refractivity contribution in [2.24, 2.45) is 0 Å². The number of nitrogens with one attached hydrogen (secondary N) is 1. The van der Waals surface area contributed by atoms with Crippen molar-refractivity contribution in [3.8, 4) is 17.3 Å². The van der Waals surface area contributed by atoms with Crippen LogP contribution in [0.15, 0.2) is 29.1 Å². The summed E-state index contributed by atoms with van der Waals surface area (Å²) in [4.78, 5) is 18.6. The monoisotopic (exact) mass is 244 g/mol. The summed E-state index contributed by atoms with van der Waals surface area (Å²) in [6, 6.07) is 7.61. The highest BCUT2D eigenvalue weighted by molar-refractivity contribution is 5.56. The number of rotatable bonds is 3. The fourth-order valence-electron chi connectivity index (χ4n) is 1.81. The SMILES string of the molecule is CCCc1c(O)nc(-c2ccc(C)cc2)[nH]c1=O. The quantitative estimate of drug-likeness (QED) is 0.871. The lowest BCUT2D eigenvalue weighted by Gasteiger charge is -2.05. The molecule has 2 aromatic rings. The number of hydrogen-bond acceptors (Lipinski definition) is 3. The Bertz CT molecular complexity index is 600. The lowest BCUT2D eigenvalue weighted by molar-refractivity contribution is 0.443. The Balaban J connectivity index is 2.48. The van der Waals surface area contributed by atoms with Gasteiger partial charge in [-0.05, 0) is 13.3 Å². The average Bonchev–Trinajstić information content (AvgIpc) is 2.34. The molecule has 0 aliphatic carbocycles. The van der Waals surface area contributed by atoms with Crippen LogP contribution in [-0.4, -0.2) is 15.1 Å². The maximum Gasteiger partial charge on any atom is 0.258 e. The largest absolute Gasteiger partial charge is 0.493 e. The summed E-state index contributed by atoms with van der Waals surface area (Å²) in [6.07, 6.45) is 1.32. The molecule has 4 heteroatoms. The zero-order chi connectivity index (χ0) is 13.1. The van der Waals surface area contributed by atoms with E-state index in [1.54, 1.807) is 0 Å². The first-order valence-electron chi connectivity index (χ1n) is 6.01. The van der Waals surface area contributed by atoms with Crippen LogP contribution in [0.5, 0.6) is 5.88 Å². The molecule has 0 radical (unpaired) electrons. The number of H-pyrrole nitrogens is 1. The fraction of sp³-hybridized carbons (Fsp3) is 0.286. The van der Waals surface area contributed by atoms with Crippen LogP contribution in [0.1, 0.15) is 24.5 Å². The molecular formula is C14H16N2O2. The summed E-state index contributed by atoms with van der Waals surface area (Å²) < 4.78 is 0. The Kier molecular flexibility index (Phi) is 3.46. The first-order chi connectivity index (χ1) is 8.61. The molecule has 2 rings (SSSR count). The second-order valence-corrected chi connectivity index (χ2v) is 4.33. The second-order valence-electron chi connectivity index (χ2n) is 4.33. The highest BCUT2D eigenvalue weighted by Crippen LogP contribution is 2.18. The summed E-state index contributed by atoms with van der Waals surface area (Å²) in [5.41, 5.74) is 2.01. The van der Waals surface area contributed by atoms with Gasteiger partial charge in [0.1, 0.15) is 5.82 Å². The van der Waals surface area contributed by atoms with Crippen molar-refractivity contribution >= 4 is 0 Å². The topological polar surface area (TPSA) is 66.0 Å². The number of aromatic hydroxyl groups is 1. The molecule has 1 aromatic heterocycles. The number of aromatic nitrogens is 2. The van der Waals surface area contributed by atoms with E-state index in [-0.39, 0.29) is 11.4 Å². The van der Waals surface area contributed by atoms with Crippen LogP contribution in [0.3, 0.4) is 0 Å². The minimum Gasteiger partial charge on any atom is -0.493 e. The molecule has 1 aromatic carbocycles. The van der Waals surface area contributed by atoms with E-state index in [4.69, 9.17) is 0 Å². The molecule has 0 amide bonds. The molecular weight excluding hydrogens is 228 g/mol. The Hall–Kier alpha value is -2.10. The normalized spacial score (nSPS) is 10.6. The van der Waals surface area contributed by atoms with Crippen LogP contribution in [0.2, 0.25) is 0 Å². The van der Waals surface area contributed by atoms with Crippen molar-refractivity contribution < 1.29 is 5.11 Å². The molecule has 0 saturated carbocycles. The van der Waals surface area contributed by atoms with Gasteiger partial charge in [-0.3, -0.25) is 4.79 Å². The third kappa shape index (κ3) is 2.42. The summed E-state index contributed by atoms with van der Waals surface area (Å²) in [7, 11) is 0. The number of nitrogens with zero attached hydrogens (tertiary/aromatic N) is 1. The molecule has 2 N–H and O–H groups in total. The van der Waals surface area contributed by atoms with Crippen LogP contribution in [-0.2, 0) is 6.42 Å². The van der Waals surface area contributed by atoms with Crippen LogP contribution >= 0.6 is 0 Å². The van der Waals surface area contributed by atoms with Gasteiger partial charge in [0.15, 0.2) is 0 Å². The van der Waals surface area contributed by atoms with Gasteiger partial charge in [0.2, 0.25) is 5.88 Å². The van der Waals surface area contributed by atoms with E-state index in [9.17, 15) is 9.90 Å². The maximum absolute atomic E-state index is 11.8. The Morgan fingerprint density at radius 2 is 1.94 bits per heavy atom. The van der Waals surface area contributed by atoms with E-state index in [1.165, 1.54) is 0 Å². The lowest BCUT2D eigenvalue weighted by Crippen LogP contribution is -2.15. The van der Waals surface area contributed by atoms with Crippen molar-refractivity contribution in [1.29, 1.82) is 0 Å². The molecule has 0 saturated heterocycles. The molecule has 4 nitrogen and oxygen atoms in total. The minimum absolute atomic E-state index is 0.170. The first kappa shape index (κ1) is 12.4. The van der Waals surface area contributed by atoms with Gasteiger partial charge in [-0.25, -0.2) is 0 Å². The lowest BCUT2D eigenvalue weighted by atomic mass is 10.1. The summed E-state index contributed by atoms with van der Waals surface area (Å²) in [5, 5.41) is 9.79. The van der Waals surface area contributed by atoms with Gasteiger partial charge in [-0.2, -0.15) is 4.98 Å². The number of aromatic amines is 1. The smallest absolute Gasteiger partial charge is 0.258 e. The minimum atomic E-state index is -0.264. The standard InChI is InChI=1S/C14H16N2O2/c1-3-4-11-13(17)15-12(16-14(11)18)10-7-5-9(2)6-8-10/h5-8H,3-4H2,1-2H3,(H2,15,16,17,18). The van der Waals surface area contributed by atoms with Crippen molar-refractivity contribution in [1.82, 2.24) is 9.97 Å². The molecule has 0 aliphatic rings. The summed E-state index contributed by atoms with van der Waals surface area (Å²) in [6.45, 7) is 3.94. The molecule has 0 bridgehead atoms. The van der Waals surface area contributed by atoms with E-state index >= 15 is 0 Å². The van der Waals surface area contributed by atoms with Gasteiger partial charge in [-0.1, -0.05) is 43.2 Å². The van der Waals surface area contributed by atoms with Crippen molar-refractivity contribution in [3.05, 3.63) is 45.7 Å². The van der Waals surface area contributed by atoms with Crippen molar-refractivity contribution in [3.63, 3.8) is 0 Å². The predicted octanol–water partition coefficient (Wildman–Crippen LogP) is 2.40. The predicted molar refractivity (Wildman–Crippen MR) is 70.7 cm³/mol. The van der Waals surface area contributed by atoms with Crippen LogP contribution < -0.4 is 5.56 Å². The molecule has 0 spiro atoms. The fourth-order valence-corrected chi connectivity index (χ4v) is 1.81.